The lowest BCUT2D eigenvalue weighted by Gasteiger charge is -2.08. The van der Waals surface area contributed by atoms with Gasteiger partial charge in [-0.25, -0.2) is 0 Å². The molecule has 0 saturated heterocycles. The second-order valence-electron chi connectivity index (χ2n) is 8.30. The van der Waals surface area contributed by atoms with Gasteiger partial charge in [-0.05, 0) is 37.1 Å². The molecule has 0 unspecified atom stereocenters. The standard InChI is InChI=1S/C26H26N4O6/c27-23-17(13-15-7-5-9-19(31)21(15)35-23)25(33)29-11-3-1-2-4-12-30-26(34)18-14-16-8-6-10-20(32)22(16)36-24(18)28/h5-10,13-14,27-28,31-32H,1-4,11-12H2,(H,29,33)(H,30,34). The Morgan fingerprint density at radius 3 is 1.53 bits per heavy atom. The third kappa shape index (κ3) is 5.38. The van der Waals surface area contributed by atoms with Gasteiger partial charge in [0.2, 0.25) is 11.1 Å². The van der Waals surface area contributed by atoms with Gasteiger partial charge >= 0.3 is 0 Å². The molecule has 0 radical (unpaired) electrons. The average Bonchev–Trinajstić information content (AvgIpc) is 2.86. The van der Waals surface area contributed by atoms with Gasteiger partial charge in [0.05, 0.1) is 0 Å². The molecule has 0 fully saturated rings. The van der Waals surface area contributed by atoms with Crippen molar-refractivity contribution in [2.24, 2.45) is 0 Å². The highest BCUT2D eigenvalue weighted by molar-refractivity contribution is 5.98. The van der Waals surface area contributed by atoms with Crippen LogP contribution >= 0.6 is 0 Å². The predicted molar refractivity (Wildman–Crippen MR) is 131 cm³/mol. The lowest BCUT2D eigenvalue weighted by atomic mass is 10.1. The summed E-state index contributed by atoms with van der Waals surface area (Å²) in [4.78, 5) is 24.9. The fourth-order valence-corrected chi connectivity index (χ4v) is 3.83. The minimum Gasteiger partial charge on any atom is -0.504 e. The molecule has 36 heavy (non-hydrogen) atoms. The first-order valence-corrected chi connectivity index (χ1v) is 11.5. The summed E-state index contributed by atoms with van der Waals surface area (Å²) < 4.78 is 10.6. The van der Waals surface area contributed by atoms with Crippen LogP contribution in [0.3, 0.4) is 0 Å². The smallest absolute Gasteiger partial charge is 0.256 e. The summed E-state index contributed by atoms with van der Waals surface area (Å²) in [7, 11) is 0. The van der Waals surface area contributed by atoms with Crippen LogP contribution < -0.4 is 21.7 Å². The molecule has 0 aliphatic rings. The Morgan fingerprint density at radius 1 is 0.694 bits per heavy atom. The number of para-hydroxylation sites is 2. The lowest BCUT2D eigenvalue weighted by molar-refractivity contribution is 0.0938. The van der Waals surface area contributed by atoms with Crippen LogP contribution in [0.1, 0.15) is 46.4 Å². The number of fused-ring (bicyclic) bond motifs is 2. The average molecular weight is 491 g/mol. The Morgan fingerprint density at radius 2 is 1.11 bits per heavy atom. The molecular weight excluding hydrogens is 464 g/mol. The highest BCUT2D eigenvalue weighted by atomic mass is 16.4. The number of unbranched alkanes of at least 4 members (excludes halogenated alkanes) is 3. The van der Waals surface area contributed by atoms with Crippen LogP contribution in [0.15, 0.2) is 57.4 Å². The van der Waals surface area contributed by atoms with Crippen molar-refractivity contribution >= 4 is 33.8 Å². The number of carbonyl (C=O) groups is 2. The summed E-state index contributed by atoms with van der Waals surface area (Å²) in [5.41, 5.74) is -0.104. The van der Waals surface area contributed by atoms with Crippen LogP contribution in [-0.4, -0.2) is 35.1 Å². The van der Waals surface area contributed by atoms with Gasteiger partial charge in [-0.1, -0.05) is 37.1 Å². The molecule has 10 heteroatoms. The van der Waals surface area contributed by atoms with Crippen molar-refractivity contribution in [2.45, 2.75) is 25.7 Å². The summed E-state index contributed by atoms with van der Waals surface area (Å²) in [5.74, 6) is -1.00. The number of phenols is 2. The Kier molecular flexibility index (Phi) is 7.33. The van der Waals surface area contributed by atoms with E-state index in [0.717, 1.165) is 25.7 Å². The molecule has 0 saturated carbocycles. The van der Waals surface area contributed by atoms with Gasteiger partial charge in [-0.2, -0.15) is 0 Å². The van der Waals surface area contributed by atoms with Gasteiger partial charge in [0.25, 0.3) is 11.8 Å². The number of rotatable bonds is 9. The predicted octanol–water partition coefficient (Wildman–Crippen LogP) is 3.27. The van der Waals surface area contributed by atoms with E-state index in [-0.39, 0.29) is 44.9 Å². The maximum absolute atomic E-state index is 12.4. The first-order valence-electron chi connectivity index (χ1n) is 11.5. The van der Waals surface area contributed by atoms with E-state index >= 15 is 0 Å². The summed E-state index contributed by atoms with van der Waals surface area (Å²) in [5, 5.41) is 42.1. The number of aromatic hydroxyl groups is 2. The highest BCUT2D eigenvalue weighted by Gasteiger charge is 2.14. The van der Waals surface area contributed by atoms with Crippen molar-refractivity contribution < 1.29 is 28.6 Å². The monoisotopic (exact) mass is 490 g/mol. The molecule has 0 aliphatic heterocycles. The molecule has 6 N–H and O–H groups in total. The van der Waals surface area contributed by atoms with Crippen molar-refractivity contribution in [2.75, 3.05) is 13.1 Å². The number of amides is 2. The molecule has 10 nitrogen and oxygen atoms in total. The van der Waals surface area contributed by atoms with Crippen LogP contribution in [0.2, 0.25) is 0 Å². The largest absolute Gasteiger partial charge is 0.504 e. The zero-order valence-electron chi connectivity index (χ0n) is 19.4. The molecule has 0 aliphatic carbocycles. The van der Waals surface area contributed by atoms with Crippen LogP contribution in [0.4, 0.5) is 0 Å². The van der Waals surface area contributed by atoms with E-state index in [9.17, 15) is 19.8 Å². The molecule has 2 heterocycles. The van der Waals surface area contributed by atoms with Crippen LogP contribution in [-0.2, 0) is 0 Å². The van der Waals surface area contributed by atoms with E-state index in [1.54, 1.807) is 24.3 Å². The Bertz CT molecular complexity index is 1440. The van der Waals surface area contributed by atoms with Gasteiger partial charge in [-0.15, -0.1) is 0 Å². The van der Waals surface area contributed by atoms with E-state index in [2.05, 4.69) is 10.6 Å². The second-order valence-corrected chi connectivity index (χ2v) is 8.30. The highest BCUT2D eigenvalue weighted by Crippen LogP contribution is 2.24. The first kappa shape index (κ1) is 24.5. The van der Waals surface area contributed by atoms with E-state index in [0.29, 0.717) is 23.9 Å². The maximum Gasteiger partial charge on any atom is 0.256 e. The van der Waals surface area contributed by atoms with E-state index in [1.807, 2.05) is 0 Å². The molecule has 2 amide bonds. The van der Waals surface area contributed by atoms with Gasteiger partial charge in [0.15, 0.2) is 22.7 Å². The van der Waals surface area contributed by atoms with Gasteiger partial charge in [0, 0.05) is 23.9 Å². The Balaban J connectivity index is 1.18. The zero-order valence-corrected chi connectivity index (χ0v) is 19.4. The zero-order chi connectivity index (χ0) is 25.7. The number of benzene rings is 2. The number of hydrogen-bond donors (Lipinski definition) is 6. The van der Waals surface area contributed by atoms with Crippen molar-refractivity contribution in [1.29, 1.82) is 10.8 Å². The third-order valence-corrected chi connectivity index (χ3v) is 5.71. The summed E-state index contributed by atoms with van der Waals surface area (Å²) >= 11 is 0. The molecule has 4 rings (SSSR count). The molecule has 2 aromatic carbocycles. The number of phenolic OH excluding ortho intramolecular Hbond substituents is 2. The molecular formula is C26H26N4O6. The van der Waals surface area contributed by atoms with Crippen molar-refractivity contribution in [3.63, 3.8) is 0 Å². The summed E-state index contributed by atoms with van der Waals surface area (Å²) in [6.07, 6.45) is 3.10. The van der Waals surface area contributed by atoms with Crippen LogP contribution in [0.5, 0.6) is 11.5 Å². The van der Waals surface area contributed by atoms with Gasteiger partial charge < -0.3 is 29.7 Å². The van der Waals surface area contributed by atoms with Crippen molar-refractivity contribution in [3.8, 4) is 11.5 Å². The van der Waals surface area contributed by atoms with Gasteiger partial charge in [-0.3, -0.25) is 20.4 Å². The second kappa shape index (κ2) is 10.8. The van der Waals surface area contributed by atoms with Crippen LogP contribution in [0.25, 0.3) is 21.9 Å². The van der Waals surface area contributed by atoms with Gasteiger partial charge in [0.1, 0.15) is 11.1 Å². The summed E-state index contributed by atoms with van der Waals surface area (Å²) in [6, 6.07) is 12.6. The van der Waals surface area contributed by atoms with Crippen molar-refractivity contribution in [1.82, 2.24) is 10.6 Å². The molecule has 2 aromatic heterocycles. The first-order chi connectivity index (χ1) is 17.3. The van der Waals surface area contributed by atoms with E-state index in [1.165, 1.54) is 24.3 Å². The SMILES string of the molecule is N=c1oc2c(O)cccc2cc1C(=O)NCCCCCCNC(=O)c1cc2cccc(O)c2oc1=N. The minimum absolute atomic E-state index is 0.0863. The summed E-state index contributed by atoms with van der Waals surface area (Å²) in [6.45, 7) is 0.854. The molecule has 186 valence electrons. The molecule has 0 atom stereocenters. The quantitative estimate of drug-likeness (QED) is 0.196. The van der Waals surface area contributed by atoms with Crippen molar-refractivity contribution in [3.05, 3.63) is 70.8 Å². The molecule has 0 bridgehead atoms. The number of hydrogen-bond acceptors (Lipinski definition) is 8. The minimum atomic E-state index is -0.415. The fourth-order valence-electron chi connectivity index (χ4n) is 3.83. The normalized spacial score (nSPS) is 11.0. The number of nitrogens with one attached hydrogen (secondary N) is 4. The maximum atomic E-state index is 12.4. The fraction of sp³-hybridized carbons (Fsp3) is 0.231. The molecule has 4 aromatic rings. The Labute approximate surface area is 205 Å². The topological polar surface area (TPSA) is 173 Å². The third-order valence-electron chi connectivity index (χ3n) is 5.71. The van der Waals surface area contributed by atoms with Crippen LogP contribution in [0, 0.1) is 10.8 Å². The lowest BCUT2D eigenvalue weighted by Crippen LogP contribution is -2.29. The van der Waals surface area contributed by atoms with E-state index in [4.69, 9.17) is 19.7 Å². The Hall–Kier alpha value is -4.60. The molecule has 0 spiro atoms. The van der Waals surface area contributed by atoms with E-state index < -0.39 is 11.8 Å². The number of carbonyl (C=O) groups excluding carboxylic acids is 2.